The van der Waals surface area contributed by atoms with Crippen LogP contribution in [-0.4, -0.2) is 60.9 Å². The first-order valence-electron chi connectivity index (χ1n) is 11.7. The molecule has 2 aliphatic rings. The number of nitrogens with zero attached hydrogens (tertiary/aromatic N) is 2. The van der Waals surface area contributed by atoms with Crippen LogP contribution in [0.5, 0.6) is 0 Å². The van der Waals surface area contributed by atoms with E-state index in [-0.39, 0.29) is 55.0 Å². The molecule has 2 heterocycles. The van der Waals surface area contributed by atoms with Gasteiger partial charge in [0.15, 0.2) is 0 Å². The Hall–Kier alpha value is -3.37. The van der Waals surface area contributed by atoms with Crippen LogP contribution >= 0.6 is 0 Å². The lowest BCUT2D eigenvalue weighted by atomic mass is 10.1. The third kappa shape index (κ3) is 8.10. The molecule has 2 N–H and O–H groups in total. The molecule has 2 fully saturated rings. The van der Waals surface area contributed by atoms with E-state index in [0.717, 1.165) is 0 Å². The first kappa shape index (κ1) is 28.9. The van der Waals surface area contributed by atoms with E-state index in [4.69, 9.17) is 14.9 Å². The van der Waals surface area contributed by atoms with Gasteiger partial charge in [-0.3, -0.25) is 14.4 Å². The van der Waals surface area contributed by atoms with Crippen LogP contribution in [0, 0.1) is 23.5 Å². The number of esters is 1. The second kappa shape index (κ2) is 14.3. The summed E-state index contributed by atoms with van der Waals surface area (Å²) in [6.45, 7) is 4.79. The Balaban J connectivity index is 0.000000232. The van der Waals surface area contributed by atoms with Gasteiger partial charge in [0.25, 0.3) is 0 Å². The third-order valence-corrected chi connectivity index (χ3v) is 5.48. The predicted molar refractivity (Wildman–Crippen MR) is 130 cm³/mol. The van der Waals surface area contributed by atoms with Crippen molar-refractivity contribution < 1.29 is 38.1 Å². The fourth-order valence-corrected chi connectivity index (χ4v) is 3.77. The van der Waals surface area contributed by atoms with E-state index in [9.17, 15) is 23.2 Å². The summed E-state index contributed by atoms with van der Waals surface area (Å²) in [6, 6.07) is 11.5. The van der Waals surface area contributed by atoms with Gasteiger partial charge in [0, 0.05) is 56.4 Å². The van der Waals surface area contributed by atoms with Crippen LogP contribution in [0.25, 0.3) is 0 Å². The minimum atomic E-state index is -0.428. The molecule has 8 nitrogen and oxygen atoms in total. The van der Waals surface area contributed by atoms with Gasteiger partial charge < -0.3 is 24.7 Å². The van der Waals surface area contributed by atoms with E-state index < -0.39 is 5.92 Å². The molecule has 2 atom stereocenters. The number of ether oxygens (including phenoxy) is 1. The zero-order valence-corrected chi connectivity index (χ0v) is 20.4. The van der Waals surface area contributed by atoms with Crippen LogP contribution < -0.4 is 9.80 Å². The summed E-state index contributed by atoms with van der Waals surface area (Å²) in [5.41, 5.74) is 1.30. The molecule has 0 saturated carbocycles. The molecular weight excluding hydrogens is 474 g/mol. The monoisotopic (exact) mass is 506 g/mol. The first-order valence-corrected chi connectivity index (χ1v) is 11.7. The third-order valence-electron chi connectivity index (χ3n) is 5.48. The summed E-state index contributed by atoms with van der Waals surface area (Å²) in [5, 5.41) is 16.5. The van der Waals surface area contributed by atoms with Gasteiger partial charge in [0.05, 0.1) is 12.5 Å². The molecule has 4 rings (SSSR count). The Bertz CT molecular complexity index is 1000. The first-order chi connectivity index (χ1) is 17.2. The average molecular weight is 507 g/mol. The molecule has 36 heavy (non-hydrogen) atoms. The lowest BCUT2D eigenvalue weighted by Gasteiger charge is -2.16. The molecule has 0 bridgehead atoms. The summed E-state index contributed by atoms with van der Waals surface area (Å²) in [6.07, 6.45) is 0.518. The van der Waals surface area contributed by atoms with Crippen molar-refractivity contribution in [3.63, 3.8) is 0 Å². The van der Waals surface area contributed by atoms with Crippen LogP contribution in [-0.2, 0) is 19.1 Å². The molecule has 2 aromatic rings. The smallest absolute Gasteiger partial charge is 0.311 e. The number of amides is 2. The van der Waals surface area contributed by atoms with Crippen LogP contribution in [0.3, 0.4) is 0 Å². The van der Waals surface area contributed by atoms with E-state index in [1.54, 1.807) is 30.9 Å². The topological polar surface area (TPSA) is 107 Å². The molecule has 0 spiro atoms. The number of halogens is 2. The molecule has 0 radical (unpaired) electrons. The molecule has 2 aliphatic heterocycles. The Morgan fingerprint density at radius 1 is 0.861 bits per heavy atom. The highest BCUT2D eigenvalue weighted by Gasteiger charge is 2.36. The molecule has 196 valence electrons. The Morgan fingerprint density at radius 2 is 1.31 bits per heavy atom. The van der Waals surface area contributed by atoms with Gasteiger partial charge in [-0.05, 0) is 62.4 Å². The number of aliphatic hydroxyl groups excluding tert-OH is 2. The maximum Gasteiger partial charge on any atom is 0.311 e. The predicted octanol–water partition coefficient (Wildman–Crippen LogP) is 2.91. The number of hydrogen-bond acceptors (Lipinski definition) is 6. The van der Waals surface area contributed by atoms with Crippen molar-refractivity contribution in [2.24, 2.45) is 11.8 Å². The number of rotatable bonds is 5. The van der Waals surface area contributed by atoms with Gasteiger partial charge in [-0.1, -0.05) is 0 Å². The van der Waals surface area contributed by atoms with Gasteiger partial charge in [-0.25, -0.2) is 8.78 Å². The maximum atomic E-state index is 12.8. The van der Waals surface area contributed by atoms with E-state index in [0.29, 0.717) is 37.5 Å². The van der Waals surface area contributed by atoms with Crippen LogP contribution in [0.2, 0.25) is 0 Å². The molecule has 0 aromatic heterocycles. The number of benzene rings is 2. The molecule has 10 heteroatoms. The summed E-state index contributed by atoms with van der Waals surface area (Å²) >= 11 is 0. The average Bonchev–Trinajstić information content (AvgIpc) is 3.44. The zero-order chi connectivity index (χ0) is 26.7. The molecule has 2 amide bonds. The van der Waals surface area contributed by atoms with Crippen molar-refractivity contribution in [1.82, 2.24) is 0 Å². The molecular formula is C26H32F2N2O6. The van der Waals surface area contributed by atoms with Gasteiger partial charge in [-0.15, -0.1) is 0 Å². The molecule has 2 aromatic carbocycles. The van der Waals surface area contributed by atoms with Gasteiger partial charge in [0.1, 0.15) is 11.6 Å². The Kier molecular flexibility index (Phi) is 11.4. The van der Waals surface area contributed by atoms with E-state index in [2.05, 4.69) is 0 Å². The number of aliphatic hydroxyl groups is 2. The maximum absolute atomic E-state index is 12.8. The van der Waals surface area contributed by atoms with Crippen molar-refractivity contribution in [2.75, 3.05) is 42.7 Å². The van der Waals surface area contributed by atoms with E-state index in [1.165, 1.54) is 41.3 Å². The van der Waals surface area contributed by atoms with E-state index >= 15 is 0 Å². The normalized spacial score (nSPS) is 18.8. The van der Waals surface area contributed by atoms with Crippen molar-refractivity contribution in [3.05, 3.63) is 60.2 Å². The van der Waals surface area contributed by atoms with Gasteiger partial charge in [0.2, 0.25) is 11.8 Å². The summed E-state index contributed by atoms with van der Waals surface area (Å²) in [5.74, 6) is -1.60. The number of carbonyl (C=O) groups excluding carboxylic acids is 3. The SMILES string of the molecule is CCO.CCOC(=O)C1CC(=O)N(c2ccc(F)cc2)C1.O=C1CC(CO)CN1c1ccc(F)cc1. The van der Waals surface area contributed by atoms with Crippen molar-refractivity contribution >= 4 is 29.2 Å². The minimum absolute atomic E-state index is 0.00236. The van der Waals surface area contributed by atoms with Crippen LogP contribution in [0.1, 0.15) is 26.7 Å². The number of hydrogen-bond donors (Lipinski definition) is 2. The molecule has 0 aliphatic carbocycles. The van der Waals surface area contributed by atoms with Crippen molar-refractivity contribution in [2.45, 2.75) is 26.7 Å². The minimum Gasteiger partial charge on any atom is -0.466 e. The highest BCUT2D eigenvalue weighted by molar-refractivity contribution is 5.99. The molecule has 2 unspecified atom stereocenters. The Labute approximate surface area is 209 Å². The lowest BCUT2D eigenvalue weighted by Crippen LogP contribution is -2.26. The summed E-state index contributed by atoms with van der Waals surface area (Å²) in [7, 11) is 0. The van der Waals surface area contributed by atoms with E-state index in [1.807, 2.05) is 0 Å². The standard InChI is InChI=1S/C13H14FNO3.C11H12FNO2.C2H6O/c1-2-18-13(17)9-7-12(16)15(8-9)11-5-3-10(14)4-6-11;12-9-1-3-10(4-2-9)13-6-8(7-14)5-11(13)15;1-2-3/h3-6,9H,2,7-8H2,1H3;1-4,8,14H,5-7H2;3H,2H2,1H3. The highest BCUT2D eigenvalue weighted by atomic mass is 19.1. The molecule has 2 saturated heterocycles. The second-order valence-corrected chi connectivity index (χ2v) is 8.18. The largest absolute Gasteiger partial charge is 0.466 e. The zero-order valence-electron chi connectivity index (χ0n) is 20.4. The quantitative estimate of drug-likeness (QED) is 0.604. The fraction of sp³-hybridized carbons (Fsp3) is 0.423. The highest BCUT2D eigenvalue weighted by Crippen LogP contribution is 2.26. The summed E-state index contributed by atoms with van der Waals surface area (Å²) < 4.78 is 30.4. The number of carbonyl (C=O) groups is 3. The van der Waals surface area contributed by atoms with Crippen molar-refractivity contribution in [3.8, 4) is 0 Å². The Morgan fingerprint density at radius 3 is 1.72 bits per heavy atom. The fourth-order valence-electron chi connectivity index (χ4n) is 3.77. The second-order valence-electron chi connectivity index (χ2n) is 8.18. The summed E-state index contributed by atoms with van der Waals surface area (Å²) in [4.78, 5) is 38.0. The number of anilines is 2. The lowest BCUT2D eigenvalue weighted by molar-refractivity contribution is -0.147. The van der Waals surface area contributed by atoms with Crippen molar-refractivity contribution in [1.29, 1.82) is 0 Å². The van der Waals surface area contributed by atoms with Crippen LogP contribution in [0.4, 0.5) is 20.2 Å². The van der Waals surface area contributed by atoms with Gasteiger partial charge >= 0.3 is 5.97 Å². The van der Waals surface area contributed by atoms with Crippen LogP contribution in [0.15, 0.2) is 48.5 Å². The van der Waals surface area contributed by atoms with Gasteiger partial charge in [-0.2, -0.15) is 0 Å².